The Morgan fingerprint density at radius 3 is 2.57 bits per heavy atom. The summed E-state index contributed by atoms with van der Waals surface area (Å²) in [5.74, 6) is -0.832. The summed E-state index contributed by atoms with van der Waals surface area (Å²) in [7, 11) is 1.63. The zero-order valence-electron chi connectivity index (χ0n) is 12.2. The fourth-order valence-corrected chi connectivity index (χ4v) is 3.09. The van der Waals surface area contributed by atoms with Gasteiger partial charge in [-0.25, -0.2) is 4.39 Å². The molecule has 0 unspecified atom stereocenters. The lowest BCUT2D eigenvalue weighted by Gasteiger charge is -2.20. The average molecular weight is 309 g/mol. The highest BCUT2D eigenvalue weighted by Crippen LogP contribution is 2.36. The molecule has 0 saturated heterocycles. The average Bonchev–Trinajstić information content (AvgIpc) is 2.81. The van der Waals surface area contributed by atoms with Crippen LogP contribution in [0.15, 0.2) is 57.7 Å². The molecule has 2 aromatic carbocycles. The molecule has 3 aromatic rings. The van der Waals surface area contributed by atoms with Crippen LogP contribution in [0.1, 0.15) is 27.7 Å². The van der Waals surface area contributed by atoms with E-state index < -0.39 is 11.9 Å². The van der Waals surface area contributed by atoms with Gasteiger partial charge >= 0.3 is 0 Å². The molecule has 1 aromatic heterocycles. The Labute approximate surface area is 130 Å². The minimum absolute atomic E-state index is 0.0328. The number of carbonyl (C=O) groups is 1. The molecule has 1 atom stereocenters. The van der Waals surface area contributed by atoms with E-state index in [4.69, 9.17) is 4.42 Å². The highest BCUT2D eigenvalue weighted by molar-refractivity contribution is 5.98. The topological polar surface area (TPSA) is 50.5 Å². The van der Waals surface area contributed by atoms with E-state index in [-0.39, 0.29) is 33.6 Å². The molecule has 0 N–H and O–H groups in total. The van der Waals surface area contributed by atoms with Gasteiger partial charge in [0.05, 0.1) is 17.0 Å². The van der Waals surface area contributed by atoms with Crippen molar-refractivity contribution in [2.75, 3.05) is 7.05 Å². The number of amides is 1. The van der Waals surface area contributed by atoms with Crippen LogP contribution in [0.25, 0.3) is 11.0 Å². The number of rotatable bonds is 1. The third kappa shape index (κ3) is 1.90. The molecule has 0 fully saturated rings. The van der Waals surface area contributed by atoms with Crippen LogP contribution < -0.4 is 5.43 Å². The molecule has 2 heterocycles. The summed E-state index contributed by atoms with van der Waals surface area (Å²) in [6.45, 7) is 0. The SMILES string of the molecule is CN1C(=O)c2oc3ccc(F)cc3c(=O)c2[C@@H]1c1ccccc1. The second-order valence-corrected chi connectivity index (χ2v) is 5.54. The second kappa shape index (κ2) is 4.78. The lowest BCUT2D eigenvalue weighted by Crippen LogP contribution is -2.25. The van der Waals surface area contributed by atoms with Gasteiger partial charge in [-0.2, -0.15) is 0 Å². The fraction of sp³-hybridized carbons (Fsp3) is 0.111. The normalized spacial score (nSPS) is 16.9. The maximum atomic E-state index is 13.5. The largest absolute Gasteiger partial charge is 0.450 e. The van der Waals surface area contributed by atoms with Crippen LogP contribution in [-0.2, 0) is 0 Å². The summed E-state index contributed by atoms with van der Waals surface area (Å²) in [4.78, 5) is 26.8. The summed E-state index contributed by atoms with van der Waals surface area (Å²) >= 11 is 0. The predicted octanol–water partition coefficient (Wildman–Crippen LogP) is 3.11. The number of halogens is 1. The van der Waals surface area contributed by atoms with Crippen molar-refractivity contribution < 1.29 is 13.6 Å². The molecule has 1 aliphatic rings. The van der Waals surface area contributed by atoms with Gasteiger partial charge in [0.15, 0.2) is 5.43 Å². The molecule has 5 heteroatoms. The first kappa shape index (κ1) is 13.7. The Balaban J connectivity index is 2.06. The van der Waals surface area contributed by atoms with Crippen molar-refractivity contribution in [2.45, 2.75) is 6.04 Å². The molecular weight excluding hydrogens is 297 g/mol. The third-order valence-electron chi connectivity index (χ3n) is 4.18. The van der Waals surface area contributed by atoms with Crippen molar-refractivity contribution in [3.05, 3.63) is 81.5 Å². The molecule has 0 radical (unpaired) electrons. The molecule has 114 valence electrons. The summed E-state index contributed by atoms with van der Waals surface area (Å²) in [5, 5.41) is 0.146. The number of fused-ring (bicyclic) bond motifs is 2. The van der Waals surface area contributed by atoms with Crippen LogP contribution in [0, 0.1) is 5.82 Å². The lowest BCUT2D eigenvalue weighted by molar-refractivity contribution is 0.0771. The molecule has 4 rings (SSSR count). The summed E-state index contributed by atoms with van der Waals surface area (Å²) in [6, 6.07) is 12.4. The quantitative estimate of drug-likeness (QED) is 0.694. The minimum atomic E-state index is -0.525. The van der Waals surface area contributed by atoms with Gasteiger partial charge < -0.3 is 9.32 Å². The number of nitrogens with zero attached hydrogens (tertiary/aromatic N) is 1. The molecule has 4 nitrogen and oxygen atoms in total. The Morgan fingerprint density at radius 2 is 1.83 bits per heavy atom. The fourth-order valence-electron chi connectivity index (χ4n) is 3.09. The lowest BCUT2D eigenvalue weighted by atomic mass is 9.99. The predicted molar refractivity (Wildman–Crippen MR) is 82.8 cm³/mol. The summed E-state index contributed by atoms with van der Waals surface area (Å²) in [6.07, 6.45) is 0. The zero-order chi connectivity index (χ0) is 16.1. The molecule has 23 heavy (non-hydrogen) atoms. The first-order valence-corrected chi connectivity index (χ1v) is 7.16. The maximum absolute atomic E-state index is 13.5. The van der Waals surface area contributed by atoms with Crippen molar-refractivity contribution >= 4 is 16.9 Å². The first-order chi connectivity index (χ1) is 11.1. The van der Waals surface area contributed by atoms with Gasteiger partial charge in [0.25, 0.3) is 5.91 Å². The van der Waals surface area contributed by atoms with E-state index in [1.807, 2.05) is 30.3 Å². The zero-order valence-corrected chi connectivity index (χ0v) is 12.2. The van der Waals surface area contributed by atoms with Crippen LogP contribution in [0.5, 0.6) is 0 Å². The van der Waals surface area contributed by atoms with Crippen molar-refractivity contribution in [1.82, 2.24) is 4.90 Å². The van der Waals surface area contributed by atoms with E-state index in [9.17, 15) is 14.0 Å². The Hall–Kier alpha value is -2.95. The van der Waals surface area contributed by atoms with Gasteiger partial charge in [-0.15, -0.1) is 0 Å². The second-order valence-electron chi connectivity index (χ2n) is 5.54. The van der Waals surface area contributed by atoms with Crippen LogP contribution >= 0.6 is 0 Å². The number of hydrogen-bond acceptors (Lipinski definition) is 3. The number of benzene rings is 2. The molecular formula is C18H12FNO3. The number of carbonyl (C=O) groups excluding carboxylic acids is 1. The van der Waals surface area contributed by atoms with Gasteiger partial charge in [0.2, 0.25) is 5.76 Å². The molecule has 0 bridgehead atoms. The van der Waals surface area contributed by atoms with Gasteiger partial charge in [0.1, 0.15) is 11.4 Å². The Bertz CT molecular complexity index is 994. The van der Waals surface area contributed by atoms with Crippen molar-refractivity contribution in [3.8, 4) is 0 Å². The highest BCUT2D eigenvalue weighted by Gasteiger charge is 2.40. The Morgan fingerprint density at radius 1 is 1.09 bits per heavy atom. The summed E-state index contributed by atoms with van der Waals surface area (Å²) < 4.78 is 19.1. The smallest absolute Gasteiger partial charge is 0.290 e. The highest BCUT2D eigenvalue weighted by atomic mass is 19.1. The van der Waals surface area contributed by atoms with E-state index in [0.717, 1.165) is 11.6 Å². The van der Waals surface area contributed by atoms with E-state index in [2.05, 4.69) is 0 Å². The van der Waals surface area contributed by atoms with Gasteiger partial charge in [-0.3, -0.25) is 9.59 Å². The standard InChI is InChI=1S/C18H12FNO3/c1-20-15(10-5-3-2-4-6-10)14-16(21)12-9-11(19)7-8-13(12)23-17(14)18(20)22/h2-9,15H,1H3/t15-/m0/s1. The summed E-state index contributed by atoms with van der Waals surface area (Å²) in [5.41, 5.74) is 0.921. The van der Waals surface area contributed by atoms with Crippen molar-refractivity contribution in [1.29, 1.82) is 0 Å². The van der Waals surface area contributed by atoms with Crippen LogP contribution in [0.4, 0.5) is 4.39 Å². The Kier molecular flexibility index (Phi) is 2.84. The first-order valence-electron chi connectivity index (χ1n) is 7.16. The van der Waals surface area contributed by atoms with Crippen LogP contribution in [-0.4, -0.2) is 17.9 Å². The van der Waals surface area contributed by atoms with Gasteiger partial charge in [-0.05, 0) is 23.8 Å². The van der Waals surface area contributed by atoms with Crippen molar-refractivity contribution in [2.24, 2.45) is 0 Å². The van der Waals surface area contributed by atoms with E-state index in [1.54, 1.807) is 7.05 Å². The molecule has 0 saturated carbocycles. The molecule has 1 amide bonds. The molecule has 0 spiro atoms. The number of hydrogen-bond donors (Lipinski definition) is 0. The monoisotopic (exact) mass is 309 g/mol. The third-order valence-corrected chi connectivity index (χ3v) is 4.18. The van der Waals surface area contributed by atoms with Gasteiger partial charge in [0, 0.05) is 7.05 Å². The molecule has 1 aliphatic heterocycles. The van der Waals surface area contributed by atoms with E-state index in [0.29, 0.717) is 0 Å². The van der Waals surface area contributed by atoms with Gasteiger partial charge in [-0.1, -0.05) is 30.3 Å². The molecule has 0 aliphatic carbocycles. The van der Waals surface area contributed by atoms with E-state index in [1.165, 1.54) is 17.0 Å². The van der Waals surface area contributed by atoms with Crippen LogP contribution in [0.3, 0.4) is 0 Å². The maximum Gasteiger partial charge on any atom is 0.290 e. The minimum Gasteiger partial charge on any atom is -0.450 e. The van der Waals surface area contributed by atoms with E-state index >= 15 is 0 Å². The van der Waals surface area contributed by atoms with Crippen LogP contribution in [0.2, 0.25) is 0 Å². The van der Waals surface area contributed by atoms with Crippen molar-refractivity contribution in [3.63, 3.8) is 0 Å².